The fourth-order valence-corrected chi connectivity index (χ4v) is 1.68. The predicted octanol–water partition coefficient (Wildman–Crippen LogP) is 2.76. The van der Waals surface area contributed by atoms with E-state index in [-0.39, 0.29) is 5.56 Å². The number of pyridine rings is 1. The van der Waals surface area contributed by atoms with Crippen LogP contribution in [0.15, 0.2) is 42.6 Å². The lowest BCUT2D eigenvalue weighted by molar-refractivity contribution is 0.620. The van der Waals surface area contributed by atoms with Crippen LogP contribution in [0, 0.1) is 17.1 Å². The van der Waals surface area contributed by atoms with Crippen LogP contribution in [0.1, 0.15) is 19.4 Å². The Morgan fingerprint density at radius 3 is 2.68 bits per heavy atom. The van der Waals surface area contributed by atoms with Crippen LogP contribution in [-0.4, -0.2) is 25.2 Å². The fraction of sp³-hybridized carbons (Fsp3) is 0.133. The van der Waals surface area contributed by atoms with Gasteiger partial charge in [0.05, 0.1) is 17.3 Å². The Bertz CT molecular complexity index is 791. The molecular formula is C15H13FN6. The van der Waals surface area contributed by atoms with Crippen molar-refractivity contribution in [2.45, 2.75) is 13.8 Å². The maximum atomic E-state index is 13.4. The lowest BCUT2D eigenvalue weighted by Gasteiger charge is -1.99. The molecule has 2 aromatic heterocycles. The molecule has 0 aliphatic rings. The summed E-state index contributed by atoms with van der Waals surface area (Å²) in [6.45, 7) is 4.00. The molecule has 0 radical (unpaired) electrons. The van der Waals surface area contributed by atoms with Crippen molar-refractivity contribution < 1.29 is 4.39 Å². The van der Waals surface area contributed by atoms with E-state index in [4.69, 9.17) is 5.26 Å². The highest BCUT2D eigenvalue weighted by molar-refractivity contribution is 5.47. The topological polar surface area (TPSA) is 80.3 Å². The first-order valence-corrected chi connectivity index (χ1v) is 6.69. The summed E-state index contributed by atoms with van der Waals surface area (Å²) in [6, 6.07) is 11.0. The van der Waals surface area contributed by atoms with Gasteiger partial charge in [0.2, 0.25) is 5.82 Å². The highest BCUT2D eigenvalue weighted by Gasteiger charge is 2.09. The van der Waals surface area contributed by atoms with Gasteiger partial charge in [-0.15, -0.1) is 15.0 Å². The van der Waals surface area contributed by atoms with E-state index in [0.29, 0.717) is 17.2 Å². The van der Waals surface area contributed by atoms with Gasteiger partial charge in [0.15, 0.2) is 0 Å². The molecule has 0 saturated heterocycles. The molecule has 0 spiro atoms. The first kappa shape index (κ1) is 15.3. The van der Waals surface area contributed by atoms with Crippen molar-refractivity contribution in [2.24, 2.45) is 0 Å². The van der Waals surface area contributed by atoms with E-state index in [0.717, 1.165) is 10.9 Å². The van der Waals surface area contributed by atoms with E-state index in [9.17, 15) is 4.39 Å². The molecule has 3 aromatic rings. The van der Waals surface area contributed by atoms with Crippen molar-refractivity contribution in [2.75, 3.05) is 0 Å². The molecular weight excluding hydrogens is 283 g/mol. The largest absolute Gasteiger partial charge is 0.253 e. The van der Waals surface area contributed by atoms with Gasteiger partial charge >= 0.3 is 0 Å². The Kier molecular flexibility index (Phi) is 4.88. The molecule has 0 atom stereocenters. The third-order valence-corrected chi connectivity index (χ3v) is 2.55. The minimum Gasteiger partial charge on any atom is -0.253 e. The number of benzene rings is 1. The number of hydrogen-bond acceptors (Lipinski definition) is 5. The van der Waals surface area contributed by atoms with Crippen molar-refractivity contribution in [1.82, 2.24) is 25.2 Å². The highest BCUT2D eigenvalue weighted by Crippen LogP contribution is 2.14. The Hall–Kier alpha value is -3.14. The molecule has 7 heteroatoms. The summed E-state index contributed by atoms with van der Waals surface area (Å²) in [5.74, 6) is -0.205. The molecule has 0 aliphatic carbocycles. The van der Waals surface area contributed by atoms with Gasteiger partial charge in [0.25, 0.3) is 0 Å². The van der Waals surface area contributed by atoms with Crippen LogP contribution in [-0.2, 0) is 0 Å². The van der Waals surface area contributed by atoms with Crippen molar-refractivity contribution in [3.63, 3.8) is 0 Å². The fourth-order valence-electron chi connectivity index (χ4n) is 1.68. The average molecular weight is 296 g/mol. The number of rotatable bonds is 2. The van der Waals surface area contributed by atoms with Crippen LogP contribution in [0.2, 0.25) is 0 Å². The number of aromatic nitrogens is 5. The summed E-state index contributed by atoms with van der Waals surface area (Å²) in [6.07, 6.45) is 1.62. The molecule has 0 N–H and O–H groups in total. The number of nitrogens with zero attached hydrogens (tertiary/aromatic N) is 6. The van der Waals surface area contributed by atoms with E-state index < -0.39 is 5.82 Å². The lowest BCUT2D eigenvalue weighted by atomic mass is 10.2. The van der Waals surface area contributed by atoms with Crippen molar-refractivity contribution in [3.05, 3.63) is 54.0 Å². The molecule has 2 heterocycles. The zero-order valence-electron chi connectivity index (χ0n) is 12.1. The van der Waals surface area contributed by atoms with Crippen LogP contribution in [0.3, 0.4) is 0 Å². The minimum atomic E-state index is -0.532. The average Bonchev–Trinajstić information content (AvgIpc) is 3.07. The molecule has 110 valence electrons. The van der Waals surface area contributed by atoms with Gasteiger partial charge in [0, 0.05) is 12.3 Å². The van der Waals surface area contributed by atoms with Gasteiger partial charge in [0.1, 0.15) is 11.5 Å². The maximum Gasteiger partial charge on any atom is 0.223 e. The molecule has 0 unspecified atom stereocenters. The van der Waals surface area contributed by atoms with Gasteiger partial charge in [-0.05, 0) is 29.5 Å². The number of nitriles is 1. The summed E-state index contributed by atoms with van der Waals surface area (Å²) in [4.78, 5) is 5.26. The summed E-state index contributed by atoms with van der Waals surface area (Å²) in [7, 11) is 0. The lowest BCUT2D eigenvalue weighted by Crippen LogP contribution is -2.00. The van der Waals surface area contributed by atoms with Crippen LogP contribution < -0.4 is 0 Å². The third kappa shape index (κ3) is 3.30. The summed E-state index contributed by atoms with van der Waals surface area (Å²) in [5, 5.41) is 20.6. The molecule has 0 fully saturated rings. The first-order valence-electron chi connectivity index (χ1n) is 6.69. The first-order chi connectivity index (χ1) is 10.8. The summed E-state index contributed by atoms with van der Waals surface area (Å²) in [5.41, 5.74) is 1.09. The van der Waals surface area contributed by atoms with Gasteiger partial charge < -0.3 is 0 Å². The molecule has 0 amide bonds. The van der Waals surface area contributed by atoms with E-state index >= 15 is 0 Å². The summed E-state index contributed by atoms with van der Waals surface area (Å²) >= 11 is 0. The molecule has 0 bridgehead atoms. The standard InChI is InChI=1S/C13H7FN6.C2H6/c14-10-5-9(8-15)6-11(7-10)20-18-13(17-19-20)12-3-1-2-4-16-12;1-2/h1-7H;1-2H3. The minimum absolute atomic E-state index is 0.191. The number of tetrazole rings is 1. The normalized spacial score (nSPS) is 9.55. The van der Waals surface area contributed by atoms with Crippen molar-refractivity contribution >= 4 is 0 Å². The van der Waals surface area contributed by atoms with Gasteiger partial charge in [-0.25, -0.2) is 4.39 Å². The number of hydrogen-bond donors (Lipinski definition) is 0. The molecule has 0 aliphatic heterocycles. The van der Waals surface area contributed by atoms with Crippen LogP contribution in [0.25, 0.3) is 17.2 Å². The van der Waals surface area contributed by atoms with Crippen molar-refractivity contribution in [3.8, 4) is 23.3 Å². The summed E-state index contributed by atoms with van der Waals surface area (Å²) < 4.78 is 13.4. The highest BCUT2D eigenvalue weighted by atomic mass is 19.1. The van der Waals surface area contributed by atoms with Gasteiger partial charge in [-0.1, -0.05) is 19.9 Å². The maximum absolute atomic E-state index is 13.4. The van der Waals surface area contributed by atoms with E-state index in [1.165, 1.54) is 12.1 Å². The van der Waals surface area contributed by atoms with Crippen LogP contribution >= 0.6 is 0 Å². The second-order valence-electron chi connectivity index (χ2n) is 3.93. The Balaban J connectivity index is 0.000000847. The van der Waals surface area contributed by atoms with E-state index in [1.54, 1.807) is 24.4 Å². The van der Waals surface area contributed by atoms with E-state index in [1.807, 2.05) is 19.9 Å². The molecule has 0 saturated carbocycles. The zero-order valence-corrected chi connectivity index (χ0v) is 12.1. The predicted molar refractivity (Wildman–Crippen MR) is 78.4 cm³/mol. The molecule has 3 rings (SSSR count). The second-order valence-corrected chi connectivity index (χ2v) is 3.93. The van der Waals surface area contributed by atoms with Crippen LogP contribution in [0.4, 0.5) is 4.39 Å². The SMILES string of the molecule is CC.N#Cc1cc(F)cc(-n2nnc(-c3ccccn3)n2)c1. The number of halogens is 1. The molecule has 1 aromatic carbocycles. The Morgan fingerprint density at radius 1 is 1.18 bits per heavy atom. The molecule has 22 heavy (non-hydrogen) atoms. The second kappa shape index (κ2) is 7.04. The van der Waals surface area contributed by atoms with Gasteiger partial charge in [-0.3, -0.25) is 4.98 Å². The third-order valence-electron chi connectivity index (χ3n) is 2.55. The Morgan fingerprint density at radius 2 is 2.00 bits per heavy atom. The smallest absolute Gasteiger partial charge is 0.223 e. The molecule has 6 nitrogen and oxygen atoms in total. The van der Waals surface area contributed by atoms with Crippen LogP contribution in [0.5, 0.6) is 0 Å². The zero-order chi connectivity index (χ0) is 15.9. The quantitative estimate of drug-likeness (QED) is 0.726. The van der Waals surface area contributed by atoms with Gasteiger partial charge in [-0.2, -0.15) is 5.26 Å². The monoisotopic (exact) mass is 296 g/mol. The van der Waals surface area contributed by atoms with E-state index in [2.05, 4.69) is 20.4 Å². The Labute approximate surface area is 126 Å². The van der Waals surface area contributed by atoms with Crippen molar-refractivity contribution in [1.29, 1.82) is 5.26 Å².